The molecule has 2 aromatic heterocycles. The van der Waals surface area contributed by atoms with Gasteiger partial charge in [-0.2, -0.15) is 0 Å². The molecule has 0 aliphatic heterocycles. The van der Waals surface area contributed by atoms with E-state index in [1.807, 2.05) is 0 Å². The van der Waals surface area contributed by atoms with E-state index in [0.29, 0.717) is 33.0 Å². The Morgan fingerprint density at radius 3 is 2.52 bits per heavy atom. The first-order valence-corrected chi connectivity index (χ1v) is 9.24. The van der Waals surface area contributed by atoms with Gasteiger partial charge >= 0.3 is 6.09 Å². The quantitative estimate of drug-likeness (QED) is 0.565. The minimum absolute atomic E-state index is 0.0886. The standard InChI is InChI=1S/C21H21ClFN3O3/c1-21(2,3)29-20(27)26(4)19-7-6-12(11-24-19)16-9-14(22)13-8-15(23)18(28-5)10-17(13)25-16/h6-11H,1-5H3. The van der Waals surface area contributed by atoms with Crippen molar-refractivity contribution in [2.24, 2.45) is 0 Å². The number of nitrogens with zero attached hydrogens (tertiary/aromatic N) is 3. The van der Waals surface area contributed by atoms with Crippen LogP contribution in [0.1, 0.15) is 20.8 Å². The van der Waals surface area contributed by atoms with Crippen LogP contribution in [0.15, 0.2) is 36.5 Å². The number of pyridine rings is 2. The van der Waals surface area contributed by atoms with Crippen molar-refractivity contribution in [3.05, 3.63) is 47.4 Å². The minimum Gasteiger partial charge on any atom is -0.494 e. The molecule has 0 saturated heterocycles. The summed E-state index contributed by atoms with van der Waals surface area (Å²) in [5, 5.41) is 0.851. The third kappa shape index (κ3) is 4.56. The number of fused-ring (bicyclic) bond motifs is 1. The van der Waals surface area contributed by atoms with Crippen molar-refractivity contribution in [3.63, 3.8) is 0 Å². The molecule has 152 valence electrons. The van der Waals surface area contributed by atoms with Gasteiger partial charge in [0, 0.05) is 30.3 Å². The summed E-state index contributed by atoms with van der Waals surface area (Å²) in [6, 6.07) is 7.89. The Labute approximate surface area is 173 Å². The van der Waals surface area contributed by atoms with Gasteiger partial charge in [0.2, 0.25) is 0 Å². The maximum Gasteiger partial charge on any atom is 0.415 e. The van der Waals surface area contributed by atoms with E-state index in [9.17, 15) is 9.18 Å². The van der Waals surface area contributed by atoms with Gasteiger partial charge in [-0.05, 0) is 45.0 Å². The third-order valence-corrected chi connectivity index (χ3v) is 4.40. The van der Waals surface area contributed by atoms with Crippen molar-refractivity contribution in [1.29, 1.82) is 0 Å². The highest BCUT2D eigenvalue weighted by atomic mass is 35.5. The van der Waals surface area contributed by atoms with Crippen LogP contribution in [0.25, 0.3) is 22.2 Å². The summed E-state index contributed by atoms with van der Waals surface area (Å²) in [6.45, 7) is 5.39. The summed E-state index contributed by atoms with van der Waals surface area (Å²) >= 11 is 6.33. The smallest absolute Gasteiger partial charge is 0.415 e. The number of methoxy groups -OCH3 is 1. The Morgan fingerprint density at radius 1 is 1.21 bits per heavy atom. The van der Waals surface area contributed by atoms with Crippen molar-refractivity contribution in [2.75, 3.05) is 19.1 Å². The fraction of sp³-hybridized carbons (Fsp3) is 0.286. The van der Waals surface area contributed by atoms with E-state index in [2.05, 4.69) is 9.97 Å². The molecule has 3 rings (SSSR count). The van der Waals surface area contributed by atoms with Crippen LogP contribution >= 0.6 is 11.6 Å². The number of hydrogen-bond donors (Lipinski definition) is 0. The van der Waals surface area contributed by atoms with E-state index in [4.69, 9.17) is 21.1 Å². The van der Waals surface area contributed by atoms with Crippen LogP contribution in [0.2, 0.25) is 5.02 Å². The van der Waals surface area contributed by atoms with Gasteiger partial charge in [-0.15, -0.1) is 0 Å². The molecule has 0 radical (unpaired) electrons. The van der Waals surface area contributed by atoms with Crippen molar-refractivity contribution >= 4 is 34.4 Å². The lowest BCUT2D eigenvalue weighted by Gasteiger charge is -2.24. The molecular formula is C21H21ClFN3O3. The highest BCUT2D eigenvalue weighted by Gasteiger charge is 2.21. The lowest BCUT2D eigenvalue weighted by Crippen LogP contribution is -2.34. The van der Waals surface area contributed by atoms with Gasteiger partial charge in [0.25, 0.3) is 0 Å². The molecule has 3 aromatic rings. The molecule has 0 aliphatic carbocycles. The van der Waals surface area contributed by atoms with Crippen LogP contribution in [-0.4, -0.2) is 35.8 Å². The number of carbonyl (C=O) groups excluding carboxylic acids is 1. The summed E-state index contributed by atoms with van der Waals surface area (Å²) < 4.78 is 24.3. The van der Waals surface area contributed by atoms with E-state index in [0.717, 1.165) is 0 Å². The Morgan fingerprint density at radius 2 is 1.93 bits per heavy atom. The largest absolute Gasteiger partial charge is 0.494 e. The monoisotopic (exact) mass is 417 g/mol. The summed E-state index contributed by atoms with van der Waals surface area (Å²) in [6.07, 6.45) is 1.08. The van der Waals surface area contributed by atoms with Crippen LogP contribution in [0.5, 0.6) is 5.75 Å². The predicted molar refractivity (Wildman–Crippen MR) is 111 cm³/mol. The number of halogens is 2. The van der Waals surface area contributed by atoms with Gasteiger partial charge in [0.1, 0.15) is 11.4 Å². The Kier molecular flexibility index (Phi) is 5.61. The number of benzene rings is 1. The molecule has 0 atom stereocenters. The number of aromatic nitrogens is 2. The number of anilines is 1. The van der Waals surface area contributed by atoms with Crippen LogP contribution in [-0.2, 0) is 4.74 Å². The van der Waals surface area contributed by atoms with Gasteiger partial charge in [0.05, 0.1) is 23.3 Å². The predicted octanol–water partition coefficient (Wildman–Crippen LogP) is 5.47. The molecule has 0 fully saturated rings. The third-order valence-electron chi connectivity index (χ3n) is 4.09. The second kappa shape index (κ2) is 7.83. The molecular weight excluding hydrogens is 397 g/mol. The topological polar surface area (TPSA) is 64.5 Å². The van der Waals surface area contributed by atoms with Crippen molar-refractivity contribution in [1.82, 2.24) is 9.97 Å². The number of hydrogen-bond acceptors (Lipinski definition) is 5. The van der Waals surface area contributed by atoms with Crippen molar-refractivity contribution < 1.29 is 18.7 Å². The van der Waals surface area contributed by atoms with Gasteiger partial charge in [0.15, 0.2) is 11.6 Å². The van der Waals surface area contributed by atoms with Crippen molar-refractivity contribution in [2.45, 2.75) is 26.4 Å². The number of rotatable bonds is 3. The first-order chi connectivity index (χ1) is 13.6. The van der Waals surface area contributed by atoms with Crippen LogP contribution in [0, 0.1) is 5.82 Å². The molecule has 0 spiro atoms. The van der Waals surface area contributed by atoms with E-state index in [1.54, 1.807) is 52.2 Å². The number of carbonyl (C=O) groups is 1. The Balaban J connectivity index is 1.92. The molecule has 1 aromatic carbocycles. The summed E-state index contributed by atoms with van der Waals surface area (Å²) in [7, 11) is 2.97. The molecule has 0 N–H and O–H groups in total. The highest BCUT2D eigenvalue weighted by Crippen LogP contribution is 2.32. The fourth-order valence-electron chi connectivity index (χ4n) is 2.65. The molecule has 1 amide bonds. The minimum atomic E-state index is -0.600. The van der Waals surface area contributed by atoms with E-state index >= 15 is 0 Å². The zero-order valence-electron chi connectivity index (χ0n) is 16.8. The van der Waals surface area contributed by atoms with Crippen LogP contribution in [0.4, 0.5) is 15.0 Å². The van der Waals surface area contributed by atoms with Gasteiger partial charge < -0.3 is 9.47 Å². The summed E-state index contributed by atoms with van der Waals surface area (Å²) in [5.41, 5.74) is 1.16. The maximum atomic E-state index is 13.9. The normalized spacial score (nSPS) is 11.4. The Bertz CT molecular complexity index is 1070. The lowest BCUT2D eigenvalue weighted by molar-refractivity contribution is 0.0588. The van der Waals surface area contributed by atoms with Crippen LogP contribution in [0.3, 0.4) is 0 Å². The van der Waals surface area contributed by atoms with E-state index in [1.165, 1.54) is 24.1 Å². The average Bonchev–Trinajstić information content (AvgIpc) is 2.66. The number of ether oxygens (including phenoxy) is 2. The molecule has 0 aliphatic rings. The maximum absolute atomic E-state index is 13.9. The number of amides is 1. The summed E-state index contributed by atoms with van der Waals surface area (Å²) in [5.74, 6) is 0.0111. The second-order valence-corrected chi connectivity index (χ2v) is 7.84. The van der Waals surface area contributed by atoms with Crippen LogP contribution < -0.4 is 9.64 Å². The molecule has 29 heavy (non-hydrogen) atoms. The van der Waals surface area contributed by atoms with Gasteiger partial charge in [-0.3, -0.25) is 4.90 Å². The summed E-state index contributed by atoms with van der Waals surface area (Å²) in [4.78, 5) is 22.4. The fourth-order valence-corrected chi connectivity index (χ4v) is 2.91. The average molecular weight is 418 g/mol. The second-order valence-electron chi connectivity index (χ2n) is 7.44. The van der Waals surface area contributed by atoms with E-state index < -0.39 is 17.5 Å². The van der Waals surface area contributed by atoms with Gasteiger partial charge in [-0.1, -0.05) is 11.6 Å². The molecule has 6 nitrogen and oxygen atoms in total. The highest BCUT2D eigenvalue weighted by molar-refractivity contribution is 6.35. The van der Waals surface area contributed by atoms with Crippen molar-refractivity contribution in [3.8, 4) is 17.0 Å². The molecule has 0 saturated carbocycles. The zero-order chi connectivity index (χ0) is 21.3. The molecule has 2 heterocycles. The first kappa shape index (κ1) is 20.8. The Hall–Kier alpha value is -2.93. The molecule has 0 unspecified atom stereocenters. The first-order valence-electron chi connectivity index (χ1n) is 8.86. The molecule has 0 bridgehead atoms. The zero-order valence-corrected chi connectivity index (χ0v) is 17.5. The van der Waals surface area contributed by atoms with Gasteiger partial charge in [-0.25, -0.2) is 19.2 Å². The lowest BCUT2D eigenvalue weighted by atomic mass is 10.1. The molecule has 8 heteroatoms. The SMILES string of the molecule is COc1cc2nc(-c3ccc(N(C)C(=O)OC(C)(C)C)nc3)cc(Cl)c2cc1F. The van der Waals surface area contributed by atoms with E-state index in [-0.39, 0.29) is 5.75 Å².